The van der Waals surface area contributed by atoms with Gasteiger partial charge in [-0.25, -0.2) is 0 Å². The van der Waals surface area contributed by atoms with Crippen LogP contribution >= 0.6 is 0 Å². The van der Waals surface area contributed by atoms with Crippen LogP contribution in [0.5, 0.6) is 5.75 Å². The van der Waals surface area contributed by atoms with Gasteiger partial charge in [-0.15, -0.1) is 0 Å². The number of aryl methyl sites for hydroxylation is 1. The van der Waals surface area contributed by atoms with E-state index < -0.39 is 11.4 Å². The van der Waals surface area contributed by atoms with Gasteiger partial charge in [0, 0.05) is 30.1 Å². The van der Waals surface area contributed by atoms with E-state index in [1.807, 2.05) is 35.9 Å². The quantitative estimate of drug-likeness (QED) is 0.920. The lowest BCUT2D eigenvalue weighted by Gasteiger charge is -2.19. The Hall–Kier alpha value is -1.97. The molecule has 0 aliphatic carbocycles. The molecule has 0 atom stereocenters. The average Bonchev–Trinajstić information content (AvgIpc) is 2.65. The number of hydrogen-bond donors (Lipinski definition) is 1. The number of ether oxygens (including phenoxy) is 1. The third-order valence-electron chi connectivity index (χ3n) is 3.55. The molecule has 2 aromatic rings. The summed E-state index contributed by atoms with van der Waals surface area (Å²) in [4.78, 5) is 11.2. The summed E-state index contributed by atoms with van der Waals surface area (Å²) in [6.45, 7) is 3.49. The topological polar surface area (TPSA) is 51.5 Å². The molecular weight excluding hydrogens is 242 g/mol. The minimum atomic E-state index is -0.782. The molecule has 2 rings (SSSR count). The maximum Gasteiger partial charge on any atom is 0.309 e. The molecule has 0 unspecified atom stereocenters. The Morgan fingerprint density at radius 1 is 1.37 bits per heavy atom. The fourth-order valence-electron chi connectivity index (χ4n) is 2.21. The SMILES string of the molecule is COc1ccc2c(c1)cc(CC(C)(C)C(=O)O)n2C. The molecule has 0 aliphatic rings. The number of carboxylic acids is 1. The monoisotopic (exact) mass is 261 g/mol. The highest BCUT2D eigenvalue weighted by molar-refractivity contribution is 5.83. The summed E-state index contributed by atoms with van der Waals surface area (Å²) in [5, 5.41) is 10.3. The van der Waals surface area contributed by atoms with Crippen LogP contribution in [0.4, 0.5) is 0 Å². The van der Waals surface area contributed by atoms with E-state index in [0.29, 0.717) is 6.42 Å². The number of methoxy groups -OCH3 is 1. The molecule has 0 fully saturated rings. The fourth-order valence-corrected chi connectivity index (χ4v) is 2.21. The largest absolute Gasteiger partial charge is 0.497 e. The van der Waals surface area contributed by atoms with Crippen LogP contribution in [0.1, 0.15) is 19.5 Å². The molecule has 1 N–H and O–H groups in total. The van der Waals surface area contributed by atoms with Crippen molar-refractivity contribution in [3.05, 3.63) is 30.0 Å². The lowest BCUT2D eigenvalue weighted by Crippen LogP contribution is -2.27. The minimum absolute atomic E-state index is 0.496. The van der Waals surface area contributed by atoms with Gasteiger partial charge in [0.05, 0.1) is 12.5 Å². The normalized spacial score (nSPS) is 11.8. The molecule has 0 bridgehead atoms. The Morgan fingerprint density at radius 3 is 2.63 bits per heavy atom. The van der Waals surface area contributed by atoms with Gasteiger partial charge in [0.2, 0.25) is 0 Å². The van der Waals surface area contributed by atoms with Gasteiger partial charge in [-0.05, 0) is 38.1 Å². The van der Waals surface area contributed by atoms with Crippen molar-refractivity contribution < 1.29 is 14.6 Å². The Balaban J connectivity index is 2.45. The molecular formula is C15H19NO3. The van der Waals surface area contributed by atoms with E-state index >= 15 is 0 Å². The molecule has 0 aliphatic heterocycles. The number of fused-ring (bicyclic) bond motifs is 1. The van der Waals surface area contributed by atoms with Gasteiger partial charge < -0.3 is 14.4 Å². The Morgan fingerprint density at radius 2 is 2.05 bits per heavy atom. The zero-order valence-electron chi connectivity index (χ0n) is 11.7. The number of rotatable bonds is 4. The summed E-state index contributed by atoms with van der Waals surface area (Å²) in [5.41, 5.74) is 1.32. The van der Waals surface area contributed by atoms with Crippen LogP contribution in [-0.2, 0) is 18.3 Å². The number of nitrogens with zero attached hydrogens (tertiary/aromatic N) is 1. The first kappa shape index (κ1) is 13.5. The van der Waals surface area contributed by atoms with Gasteiger partial charge >= 0.3 is 5.97 Å². The molecule has 1 heterocycles. The van der Waals surface area contributed by atoms with Crippen LogP contribution in [0.3, 0.4) is 0 Å². The number of aliphatic carboxylic acids is 1. The Labute approximate surface area is 112 Å². The minimum Gasteiger partial charge on any atom is -0.497 e. The van der Waals surface area contributed by atoms with Crippen LogP contribution in [0, 0.1) is 5.41 Å². The van der Waals surface area contributed by atoms with Crippen LogP contribution in [0.2, 0.25) is 0 Å². The summed E-state index contributed by atoms with van der Waals surface area (Å²) in [6, 6.07) is 7.90. The molecule has 0 saturated heterocycles. The van der Waals surface area contributed by atoms with Crippen molar-refractivity contribution in [2.24, 2.45) is 12.5 Å². The maximum absolute atomic E-state index is 11.2. The predicted octanol–water partition coefficient (Wildman–Crippen LogP) is 2.84. The molecule has 19 heavy (non-hydrogen) atoms. The predicted molar refractivity (Wildman–Crippen MR) is 74.6 cm³/mol. The smallest absolute Gasteiger partial charge is 0.309 e. The molecule has 0 spiro atoms. The van der Waals surface area contributed by atoms with E-state index in [2.05, 4.69) is 0 Å². The van der Waals surface area contributed by atoms with Crippen molar-refractivity contribution in [1.82, 2.24) is 4.57 Å². The van der Waals surface area contributed by atoms with E-state index in [4.69, 9.17) is 4.74 Å². The molecule has 4 heteroatoms. The van der Waals surface area contributed by atoms with Gasteiger partial charge in [0.1, 0.15) is 5.75 Å². The van der Waals surface area contributed by atoms with Gasteiger partial charge in [-0.2, -0.15) is 0 Å². The zero-order valence-corrected chi connectivity index (χ0v) is 11.7. The average molecular weight is 261 g/mol. The van der Waals surface area contributed by atoms with Crippen LogP contribution in [0.15, 0.2) is 24.3 Å². The van der Waals surface area contributed by atoms with E-state index in [9.17, 15) is 9.90 Å². The highest BCUT2D eigenvalue weighted by atomic mass is 16.5. The third-order valence-corrected chi connectivity index (χ3v) is 3.55. The first-order valence-corrected chi connectivity index (χ1v) is 6.21. The molecule has 0 radical (unpaired) electrons. The summed E-state index contributed by atoms with van der Waals surface area (Å²) in [5.74, 6) is 0.0254. The number of carboxylic acid groups (broad SMARTS) is 1. The van der Waals surface area contributed by atoms with Crippen LogP contribution in [0.25, 0.3) is 10.9 Å². The summed E-state index contributed by atoms with van der Waals surface area (Å²) < 4.78 is 7.25. The van der Waals surface area contributed by atoms with Gasteiger partial charge in [0.15, 0.2) is 0 Å². The third kappa shape index (κ3) is 2.43. The summed E-state index contributed by atoms with van der Waals surface area (Å²) in [6.07, 6.45) is 0.496. The maximum atomic E-state index is 11.2. The lowest BCUT2D eigenvalue weighted by atomic mass is 9.88. The second-order valence-corrected chi connectivity index (χ2v) is 5.49. The first-order chi connectivity index (χ1) is 8.85. The van der Waals surface area contributed by atoms with Crippen molar-refractivity contribution in [2.45, 2.75) is 20.3 Å². The second kappa shape index (κ2) is 4.61. The van der Waals surface area contributed by atoms with Crippen molar-refractivity contribution >= 4 is 16.9 Å². The second-order valence-electron chi connectivity index (χ2n) is 5.49. The van der Waals surface area contributed by atoms with Crippen LogP contribution < -0.4 is 4.74 Å². The standard InChI is InChI=1S/C15H19NO3/c1-15(2,14(17)18)9-11-7-10-8-12(19-4)5-6-13(10)16(11)3/h5-8H,9H2,1-4H3,(H,17,18). The number of aromatic nitrogens is 1. The van der Waals surface area contributed by atoms with E-state index in [1.165, 1.54) is 0 Å². The van der Waals surface area contributed by atoms with Crippen molar-refractivity contribution in [1.29, 1.82) is 0 Å². The number of hydrogen-bond acceptors (Lipinski definition) is 2. The zero-order chi connectivity index (χ0) is 14.2. The molecule has 1 aromatic carbocycles. The van der Waals surface area contributed by atoms with E-state index in [1.54, 1.807) is 21.0 Å². The number of carbonyl (C=O) groups is 1. The van der Waals surface area contributed by atoms with E-state index in [0.717, 1.165) is 22.3 Å². The Bertz CT molecular complexity index is 626. The van der Waals surface area contributed by atoms with Gasteiger partial charge in [0.25, 0.3) is 0 Å². The number of benzene rings is 1. The van der Waals surface area contributed by atoms with Gasteiger partial charge in [-0.1, -0.05) is 0 Å². The van der Waals surface area contributed by atoms with Crippen molar-refractivity contribution in [3.8, 4) is 5.75 Å². The lowest BCUT2D eigenvalue weighted by molar-refractivity contribution is -0.146. The molecule has 0 saturated carbocycles. The summed E-state index contributed by atoms with van der Waals surface area (Å²) in [7, 11) is 3.60. The summed E-state index contributed by atoms with van der Waals surface area (Å²) >= 11 is 0. The van der Waals surface area contributed by atoms with Crippen LogP contribution in [-0.4, -0.2) is 22.8 Å². The van der Waals surface area contributed by atoms with Gasteiger partial charge in [-0.3, -0.25) is 4.79 Å². The molecule has 0 amide bonds. The van der Waals surface area contributed by atoms with E-state index in [-0.39, 0.29) is 0 Å². The Kier molecular flexibility index (Phi) is 3.27. The van der Waals surface area contributed by atoms with Crippen molar-refractivity contribution in [3.63, 3.8) is 0 Å². The molecule has 4 nitrogen and oxygen atoms in total. The highest BCUT2D eigenvalue weighted by Gasteiger charge is 2.28. The fraction of sp³-hybridized carbons (Fsp3) is 0.400. The highest BCUT2D eigenvalue weighted by Crippen LogP contribution is 2.28. The molecule has 1 aromatic heterocycles. The van der Waals surface area contributed by atoms with Crippen molar-refractivity contribution in [2.75, 3.05) is 7.11 Å². The molecule has 102 valence electrons. The first-order valence-electron chi connectivity index (χ1n) is 6.21.